The van der Waals surface area contributed by atoms with Crippen LogP contribution < -0.4 is 4.74 Å². The molecule has 0 atom stereocenters. The van der Waals surface area contributed by atoms with Gasteiger partial charge < -0.3 is 4.74 Å². The molecule has 0 unspecified atom stereocenters. The lowest BCUT2D eigenvalue weighted by molar-refractivity contribution is 0.415. The van der Waals surface area contributed by atoms with E-state index in [0.717, 1.165) is 5.75 Å². The van der Waals surface area contributed by atoms with Gasteiger partial charge in [0.05, 0.1) is 7.11 Å². The van der Waals surface area contributed by atoms with Gasteiger partial charge >= 0.3 is 0 Å². The molecule has 0 saturated heterocycles. The highest BCUT2D eigenvalue weighted by Crippen LogP contribution is 2.22. The SMILES string of the molecule is CCC.COc1ccc(-c2ccc(C)cc2)cc1. The molecule has 0 aliphatic carbocycles. The van der Waals surface area contributed by atoms with E-state index in [0.29, 0.717) is 0 Å². The fourth-order valence-electron chi connectivity index (χ4n) is 1.53. The molecule has 0 spiro atoms. The van der Waals surface area contributed by atoms with Crippen LogP contribution in [0.3, 0.4) is 0 Å². The van der Waals surface area contributed by atoms with E-state index >= 15 is 0 Å². The smallest absolute Gasteiger partial charge is 0.118 e. The minimum absolute atomic E-state index is 0.894. The Labute approximate surface area is 110 Å². The number of rotatable bonds is 2. The highest BCUT2D eigenvalue weighted by Gasteiger charge is 1.97. The number of hydrogen-bond donors (Lipinski definition) is 0. The summed E-state index contributed by atoms with van der Waals surface area (Å²) in [6, 6.07) is 16.6. The van der Waals surface area contributed by atoms with Gasteiger partial charge in [-0.3, -0.25) is 0 Å². The predicted octanol–water partition coefficient (Wildman–Crippen LogP) is 5.09. The summed E-state index contributed by atoms with van der Waals surface area (Å²) in [4.78, 5) is 0. The predicted molar refractivity (Wildman–Crippen MR) is 79.1 cm³/mol. The molecule has 18 heavy (non-hydrogen) atoms. The summed E-state index contributed by atoms with van der Waals surface area (Å²) in [6.07, 6.45) is 1.25. The van der Waals surface area contributed by atoms with Crippen molar-refractivity contribution in [3.63, 3.8) is 0 Å². The van der Waals surface area contributed by atoms with E-state index in [1.54, 1.807) is 7.11 Å². The molecule has 0 heterocycles. The molecule has 0 radical (unpaired) electrons. The third-order valence-corrected chi connectivity index (χ3v) is 2.47. The lowest BCUT2D eigenvalue weighted by Gasteiger charge is -2.03. The van der Waals surface area contributed by atoms with Gasteiger partial charge in [0.15, 0.2) is 0 Å². The molecule has 2 aromatic rings. The van der Waals surface area contributed by atoms with Gasteiger partial charge in [0.2, 0.25) is 0 Å². The van der Waals surface area contributed by atoms with E-state index in [9.17, 15) is 0 Å². The van der Waals surface area contributed by atoms with Gasteiger partial charge in [-0.05, 0) is 30.2 Å². The molecule has 0 aliphatic rings. The Balaban J connectivity index is 0.000000492. The number of ether oxygens (including phenoxy) is 1. The first-order valence-corrected chi connectivity index (χ1v) is 6.42. The summed E-state index contributed by atoms with van der Waals surface area (Å²) in [6.45, 7) is 6.35. The Hall–Kier alpha value is -1.76. The van der Waals surface area contributed by atoms with Crippen LogP contribution in [0.1, 0.15) is 25.8 Å². The maximum Gasteiger partial charge on any atom is 0.118 e. The van der Waals surface area contributed by atoms with E-state index in [1.807, 2.05) is 12.1 Å². The largest absolute Gasteiger partial charge is 0.497 e. The molecule has 0 saturated carbocycles. The third-order valence-electron chi connectivity index (χ3n) is 2.47. The van der Waals surface area contributed by atoms with E-state index in [-0.39, 0.29) is 0 Å². The second-order valence-electron chi connectivity index (χ2n) is 4.30. The van der Waals surface area contributed by atoms with Crippen LogP contribution >= 0.6 is 0 Å². The molecule has 0 aliphatic heterocycles. The molecule has 1 heteroatoms. The Morgan fingerprint density at radius 1 is 0.778 bits per heavy atom. The summed E-state index contributed by atoms with van der Waals surface area (Å²) in [5, 5.41) is 0. The van der Waals surface area contributed by atoms with E-state index < -0.39 is 0 Å². The van der Waals surface area contributed by atoms with Crippen molar-refractivity contribution >= 4 is 0 Å². The summed E-state index contributed by atoms with van der Waals surface area (Å²) < 4.78 is 5.12. The van der Waals surface area contributed by atoms with Gasteiger partial charge in [0, 0.05) is 0 Å². The first-order chi connectivity index (χ1) is 8.71. The lowest BCUT2D eigenvalue weighted by Crippen LogP contribution is -1.82. The Kier molecular flexibility index (Phi) is 5.99. The van der Waals surface area contributed by atoms with Gasteiger partial charge in [0.25, 0.3) is 0 Å². The van der Waals surface area contributed by atoms with Crippen molar-refractivity contribution in [3.8, 4) is 16.9 Å². The lowest BCUT2D eigenvalue weighted by atomic mass is 10.0. The van der Waals surface area contributed by atoms with E-state index in [1.165, 1.54) is 23.1 Å². The zero-order valence-corrected chi connectivity index (χ0v) is 11.7. The van der Waals surface area contributed by atoms with Crippen molar-refractivity contribution in [3.05, 3.63) is 54.1 Å². The first kappa shape index (κ1) is 14.3. The van der Waals surface area contributed by atoms with Crippen molar-refractivity contribution in [1.29, 1.82) is 0 Å². The zero-order chi connectivity index (χ0) is 13.4. The van der Waals surface area contributed by atoms with Crippen LogP contribution in [0, 0.1) is 6.92 Å². The standard InChI is InChI=1S/C14H14O.C3H8/c1-11-3-5-12(6-4-11)13-7-9-14(15-2)10-8-13;1-3-2/h3-10H,1-2H3;3H2,1-2H3. The van der Waals surface area contributed by atoms with Gasteiger partial charge in [-0.1, -0.05) is 62.2 Å². The average Bonchev–Trinajstić information content (AvgIpc) is 2.41. The van der Waals surface area contributed by atoms with Crippen LogP contribution in [0.15, 0.2) is 48.5 Å². The molecule has 0 bridgehead atoms. The van der Waals surface area contributed by atoms with Crippen LogP contribution in [-0.4, -0.2) is 7.11 Å². The maximum absolute atomic E-state index is 5.12. The molecule has 96 valence electrons. The Morgan fingerprint density at radius 3 is 1.56 bits per heavy atom. The number of aryl methyl sites for hydroxylation is 1. The topological polar surface area (TPSA) is 9.23 Å². The molecule has 0 fully saturated rings. The number of benzene rings is 2. The van der Waals surface area contributed by atoms with Crippen molar-refractivity contribution in [2.45, 2.75) is 27.2 Å². The molecule has 2 aromatic carbocycles. The normalized spacial score (nSPS) is 9.33. The average molecular weight is 242 g/mol. The second-order valence-corrected chi connectivity index (χ2v) is 4.30. The minimum Gasteiger partial charge on any atom is -0.497 e. The van der Waals surface area contributed by atoms with Gasteiger partial charge in [-0.25, -0.2) is 0 Å². The van der Waals surface area contributed by atoms with Crippen LogP contribution in [0.25, 0.3) is 11.1 Å². The van der Waals surface area contributed by atoms with Crippen LogP contribution in [0.5, 0.6) is 5.75 Å². The Morgan fingerprint density at radius 2 is 1.17 bits per heavy atom. The molecule has 2 rings (SSSR count). The van der Waals surface area contributed by atoms with Crippen molar-refractivity contribution in [2.24, 2.45) is 0 Å². The summed E-state index contributed by atoms with van der Waals surface area (Å²) in [5.74, 6) is 0.894. The van der Waals surface area contributed by atoms with E-state index in [2.05, 4.69) is 57.2 Å². The minimum atomic E-state index is 0.894. The third kappa shape index (κ3) is 4.25. The molecule has 0 aromatic heterocycles. The molecular formula is C17H22O. The quantitative estimate of drug-likeness (QED) is 0.713. The van der Waals surface area contributed by atoms with Gasteiger partial charge in [-0.15, -0.1) is 0 Å². The summed E-state index contributed by atoms with van der Waals surface area (Å²) >= 11 is 0. The Bertz CT molecular complexity index is 440. The monoisotopic (exact) mass is 242 g/mol. The maximum atomic E-state index is 5.12. The van der Waals surface area contributed by atoms with Crippen molar-refractivity contribution in [2.75, 3.05) is 7.11 Å². The number of methoxy groups -OCH3 is 1. The zero-order valence-electron chi connectivity index (χ0n) is 11.7. The second kappa shape index (κ2) is 7.54. The number of hydrogen-bond acceptors (Lipinski definition) is 1. The van der Waals surface area contributed by atoms with Crippen LogP contribution in [-0.2, 0) is 0 Å². The van der Waals surface area contributed by atoms with Gasteiger partial charge in [0.1, 0.15) is 5.75 Å². The first-order valence-electron chi connectivity index (χ1n) is 6.42. The molecule has 1 nitrogen and oxygen atoms in total. The van der Waals surface area contributed by atoms with Crippen molar-refractivity contribution < 1.29 is 4.74 Å². The van der Waals surface area contributed by atoms with Gasteiger partial charge in [-0.2, -0.15) is 0 Å². The molecular weight excluding hydrogens is 220 g/mol. The summed E-state index contributed by atoms with van der Waals surface area (Å²) in [7, 11) is 1.68. The molecule has 0 N–H and O–H groups in total. The van der Waals surface area contributed by atoms with Crippen LogP contribution in [0.4, 0.5) is 0 Å². The van der Waals surface area contributed by atoms with Crippen molar-refractivity contribution in [1.82, 2.24) is 0 Å². The fraction of sp³-hybridized carbons (Fsp3) is 0.294. The summed E-state index contributed by atoms with van der Waals surface area (Å²) in [5.41, 5.74) is 3.74. The van der Waals surface area contributed by atoms with E-state index in [4.69, 9.17) is 4.74 Å². The molecule has 0 amide bonds. The van der Waals surface area contributed by atoms with Crippen LogP contribution in [0.2, 0.25) is 0 Å². The highest BCUT2D eigenvalue weighted by atomic mass is 16.5. The fourth-order valence-corrected chi connectivity index (χ4v) is 1.53. The highest BCUT2D eigenvalue weighted by molar-refractivity contribution is 5.64.